The normalized spacial score (nSPS) is 10.9. The molecule has 14 heteroatoms. The average Bonchev–Trinajstić information content (AvgIpc) is 3.46. The molecule has 0 aliphatic heterocycles. The van der Waals surface area contributed by atoms with Gasteiger partial charge in [-0.05, 0) is 52.8 Å². The van der Waals surface area contributed by atoms with Crippen molar-refractivity contribution in [1.82, 2.24) is 30.5 Å². The van der Waals surface area contributed by atoms with E-state index in [1.165, 1.54) is 10.9 Å². The van der Waals surface area contributed by atoms with Crippen molar-refractivity contribution in [3.05, 3.63) is 75.5 Å². The highest BCUT2D eigenvalue weighted by Gasteiger charge is 2.22. The summed E-state index contributed by atoms with van der Waals surface area (Å²) in [6.07, 6.45) is 0.401. The molecule has 0 fully saturated rings. The third-order valence-electron chi connectivity index (χ3n) is 4.33. The van der Waals surface area contributed by atoms with Crippen molar-refractivity contribution in [1.29, 1.82) is 5.41 Å². The third-order valence-corrected chi connectivity index (χ3v) is 4.88. The van der Waals surface area contributed by atoms with Crippen molar-refractivity contribution in [2.24, 2.45) is 0 Å². The molecule has 0 saturated carbocycles. The van der Waals surface area contributed by atoms with Gasteiger partial charge in [-0.1, -0.05) is 28.4 Å². The van der Waals surface area contributed by atoms with Gasteiger partial charge in [0.1, 0.15) is 23.8 Å². The summed E-state index contributed by atoms with van der Waals surface area (Å²) in [5, 5.41) is 38.9. The summed E-state index contributed by atoms with van der Waals surface area (Å²) in [5.41, 5.74) is 0.165. The Labute approximate surface area is 195 Å². The van der Waals surface area contributed by atoms with Crippen molar-refractivity contribution in [2.45, 2.75) is 13.0 Å². The van der Waals surface area contributed by atoms with Gasteiger partial charge in [0.2, 0.25) is 0 Å². The molecule has 11 nitrogen and oxygen atoms in total. The van der Waals surface area contributed by atoms with E-state index < -0.39 is 11.7 Å². The fourth-order valence-electron chi connectivity index (χ4n) is 2.70. The molecule has 0 atom stereocenters. The van der Waals surface area contributed by atoms with Crippen molar-refractivity contribution >= 4 is 34.7 Å². The van der Waals surface area contributed by atoms with Gasteiger partial charge in [-0.25, -0.2) is 14.1 Å². The van der Waals surface area contributed by atoms with E-state index >= 15 is 0 Å². The number of nitrogens with zero attached hydrogens (tertiary/aromatic N) is 7. The number of halogens is 3. The number of hydrogen-bond donors (Lipinski definition) is 2. The predicted octanol–water partition coefficient (Wildman–Crippen LogP) is 3.39. The minimum atomic E-state index is -0.657. The van der Waals surface area contributed by atoms with Gasteiger partial charge >= 0.3 is 0 Å². The molecule has 0 amide bonds. The summed E-state index contributed by atoms with van der Waals surface area (Å²) in [5.74, 6) is -0.0252. The zero-order chi connectivity index (χ0) is 23.4. The molecule has 0 saturated heterocycles. The van der Waals surface area contributed by atoms with E-state index in [0.717, 1.165) is 12.1 Å². The van der Waals surface area contributed by atoms with Gasteiger partial charge in [0.25, 0.3) is 0 Å². The van der Waals surface area contributed by atoms with Gasteiger partial charge in [0.15, 0.2) is 17.4 Å². The van der Waals surface area contributed by atoms with Crippen LogP contribution < -0.4 is 9.80 Å². The lowest BCUT2D eigenvalue weighted by Gasteiger charge is -2.16. The Morgan fingerprint density at radius 1 is 1.18 bits per heavy atom. The standard InChI is InChI=1S/C19H15Cl2FN8O3/c20-11-1-4-13(5-2-11)32-8-7-17-24-28-29(25-17)10-16-18(27-33-26-16)19(23)30(31)12-3-6-15(22)14(21)9-12/h1-6,9,23,31H,7-8,10H2. The van der Waals surface area contributed by atoms with E-state index in [4.69, 9.17) is 38.0 Å². The van der Waals surface area contributed by atoms with Crippen LogP contribution >= 0.6 is 23.2 Å². The van der Waals surface area contributed by atoms with Crippen LogP contribution in [-0.4, -0.2) is 48.2 Å². The van der Waals surface area contributed by atoms with E-state index in [1.807, 2.05) is 0 Å². The van der Waals surface area contributed by atoms with Crippen LogP contribution in [0.5, 0.6) is 5.75 Å². The lowest BCUT2D eigenvalue weighted by Crippen LogP contribution is -2.28. The number of rotatable bonds is 8. The maximum Gasteiger partial charge on any atom is 0.182 e. The number of anilines is 1. The molecule has 2 heterocycles. The minimum absolute atomic E-state index is 0.0235. The number of tetrazole rings is 1. The van der Waals surface area contributed by atoms with Crippen molar-refractivity contribution in [3.63, 3.8) is 0 Å². The zero-order valence-electron chi connectivity index (χ0n) is 16.7. The summed E-state index contributed by atoms with van der Waals surface area (Å²) >= 11 is 11.6. The lowest BCUT2D eigenvalue weighted by molar-refractivity contribution is 0.296. The smallest absolute Gasteiger partial charge is 0.182 e. The first-order valence-electron chi connectivity index (χ1n) is 9.40. The number of amidine groups is 1. The Hall–Kier alpha value is -3.61. The summed E-state index contributed by atoms with van der Waals surface area (Å²) in [7, 11) is 0. The molecule has 170 valence electrons. The van der Waals surface area contributed by atoms with Gasteiger partial charge in [-0.3, -0.25) is 10.6 Å². The first-order valence-corrected chi connectivity index (χ1v) is 10.2. The molecule has 0 aliphatic carbocycles. The molecule has 2 aromatic carbocycles. The van der Waals surface area contributed by atoms with Gasteiger partial charge in [0, 0.05) is 11.4 Å². The number of aromatic nitrogens is 6. The molecule has 0 radical (unpaired) electrons. The molecular formula is C19H15Cl2FN8O3. The summed E-state index contributed by atoms with van der Waals surface area (Å²) in [6, 6.07) is 10.4. The summed E-state index contributed by atoms with van der Waals surface area (Å²) in [6.45, 7) is 0.304. The minimum Gasteiger partial charge on any atom is -0.493 e. The highest BCUT2D eigenvalue weighted by atomic mass is 35.5. The molecule has 33 heavy (non-hydrogen) atoms. The van der Waals surface area contributed by atoms with Crippen LogP contribution in [0.3, 0.4) is 0 Å². The van der Waals surface area contributed by atoms with Crippen LogP contribution in [-0.2, 0) is 13.0 Å². The van der Waals surface area contributed by atoms with E-state index in [2.05, 4.69) is 25.7 Å². The molecular weight excluding hydrogens is 478 g/mol. The number of hydroxylamine groups is 1. The second-order valence-electron chi connectivity index (χ2n) is 6.61. The summed E-state index contributed by atoms with van der Waals surface area (Å²) < 4.78 is 23.7. The maximum absolute atomic E-state index is 13.4. The number of ether oxygens (including phenoxy) is 1. The molecule has 0 unspecified atom stereocenters. The zero-order valence-corrected chi connectivity index (χ0v) is 18.2. The number of hydrogen-bond acceptors (Lipinski definition) is 9. The third kappa shape index (κ3) is 5.42. The van der Waals surface area contributed by atoms with Gasteiger partial charge in [0.05, 0.1) is 17.3 Å². The first kappa shape index (κ1) is 22.6. The molecule has 2 N–H and O–H groups in total. The molecule has 0 aliphatic rings. The summed E-state index contributed by atoms with van der Waals surface area (Å²) in [4.78, 5) is 1.24. The van der Waals surface area contributed by atoms with E-state index in [1.54, 1.807) is 24.3 Å². The molecule has 4 aromatic rings. The van der Waals surface area contributed by atoms with E-state index in [0.29, 0.717) is 34.7 Å². The fraction of sp³-hybridized carbons (Fsp3) is 0.158. The van der Waals surface area contributed by atoms with Crippen molar-refractivity contribution in [2.75, 3.05) is 11.7 Å². The molecule has 0 bridgehead atoms. The van der Waals surface area contributed by atoms with E-state index in [9.17, 15) is 9.60 Å². The topological polar surface area (TPSA) is 139 Å². The molecule has 4 rings (SSSR count). The predicted molar refractivity (Wildman–Crippen MR) is 114 cm³/mol. The largest absolute Gasteiger partial charge is 0.493 e. The van der Waals surface area contributed by atoms with Gasteiger partial charge in [-0.2, -0.15) is 4.80 Å². The van der Waals surface area contributed by atoms with Gasteiger partial charge < -0.3 is 4.74 Å². The van der Waals surface area contributed by atoms with Crippen LogP contribution in [0.1, 0.15) is 17.2 Å². The van der Waals surface area contributed by atoms with Gasteiger partial charge in [-0.15, -0.1) is 10.2 Å². The number of nitrogens with one attached hydrogen (secondary N) is 1. The molecule has 2 aromatic heterocycles. The van der Waals surface area contributed by atoms with Crippen molar-refractivity contribution < 1.29 is 19.0 Å². The van der Waals surface area contributed by atoms with Crippen LogP contribution in [0.2, 0.25) is 10.0 Å². The Kier molecular flexibility index (Phi) is 6.77. The fourth-order valence-corrected chi connectivity index (χ4v) is 3.01. The monoisotopic (exact) mass is 492 g/mol. The number of benzene rings is 2. The lowest BCUT2D eigenvalue weighted by atomic mass is 10.2. The van der Waals surface area contributed by atoms with Crippen LogP contribution in [0, 0.1) is 11.2 Å². The Bertz CT molecular complexity index is 1260. The molecule has 0 spiro atoms. The Morgan fingerprint density at radius 2 is 1.97 bits per heavy atom. The Balaban J connectivity index is 1.38. The highest BCUT2D eigenvalue weighted by molar-refractivity contribution is 6.31. The maximum atomic E-state index is 13.4. The van der Waals surface area contributed by atoms with Crippen LogP contribution in [0.15, 0.2) is 47.1 Å². The average molecular weight is 493 g/mol. The second kappa shape index (κ2) is 9.90. The quantitative estimate of drug-likeness (QED) is 0.215. The van der Waals surface area contributed by atoms with Crippen molar-refractivity contribution in [3.8, 4) is 5.75 Å². The highest BCUT2D eigenvalue weighted by Crippen LogP contribution is 2.23. The Morgan fingerprint density at radius 3 is 2.73 bits per heavy atom. The first-order chi connectivity index (χ1) is 15.9. The SMILES string of the molecule is N=C(c1nonc1Cn1nnc(CCOc2ccc(Cl)cc2)n1)N(O)c1ccc(F)c(Cl)c1. The second-order valence-corrected chi connectivity index (χ2v) is 7.45. The van der Waals surface area contributed by atoms with E-state index in [-0.39, 0.29) is 28.6 Å². The van der Waals surface area contributed by atoms with Crippen LogP contribution in [0.25, 0.3) is 0 Å². The van der Waals surface area contributed by atoms with Crippen LogP contribution in [0.4, 0.5) is 10.1 Å².